The Morgan fingerprint density at radius 3 is 2.60 bits per heavy atom. The Labute approximate surface area is 133 Å². The number of nitrogens with one attached hydrogen (secondary N) is 1. The van der Waals surface area contributed by atoms with Gasteiger partial charge in [0, 0.05) is 17.6 Å². The number of hydrogen-bond donors (Lipinski definition) is 1. The lowest BCUT2D eigenvalue weighted by molar-refractivity contribution is 0.548. The molecule has 0 saturated heterocycles. The second-order valence-corrected chi connectivity index (χ2v) is 7.50. The quantitative estimate of drug-likeness (QED) is 0.818. The van der Waals surface area contributed by atoms with Crippen molar-refractivity contribution in [2.24, 2.45) is 7.05 Å². The minimum Gasteiger partial charge on any atom is -0.235 e. The summed E-state index contributed by atoms with van der Waals surface area (Å²) in [5, 5.41) is 7.35. The Bertz CT molecular complexity index is 710. The zero-order chi connectivity index (χ0) is 14.9. The molecule has 0 saturated carbocycles. The Morgan fingerprint density at radius 2 is 2.05 bits per heavy atom. The molecule has 6 nitrogen and oxygen atoms in total. The summed E-state index contributed by atoms with van der Waals surface area (Å²) >= 11 is 6.45. The lowest BCUT2D eigenvalue weighted by Gasteiger charge is -2.14. The summed E-state index contributed by atoms with van der Waals surface area (Å²) in [6.45, 7) is 1.77. The largest absolute Gasteiger partial charge is 0.261 e. The van der Waals surface area contributed by atoms with Crippen LogP contribution >= 0.6 is 31.9 Å². The summed E-state index contributed by atoms with van der Waals surface area (Å²) in [5.41, 5.74) is 0.856. The normalized spacial score (nSPS) is 13.4. The van der Waals surface area contributed by atoms with Crippen LogP contribution < -0.4 is 4.72 Å². The summed E-state index contributed by atoms with van der Waals surface area (Å²) in [4.78, 5) is 0. The molecule has 1 N–H and O–H groups in total. The number of benzene rings is 1. The van der Waals surface area contributed by atoms with Crippen molar-refractivity contribution in [3.63, 3.8) is 0 Å². The number of rotatable bonds is 4. The first-order valence-electron chi connectivity index (χ1n) is 5.64. The summed E-state index contributed by atoms with van der Waals surface area (Å²) in [7, 11) is -2.19. The Morgan fingerprint density at radius 1 is 1.35 bits per heavy atom. The molecule has 20 heavy (non-hydrogen) atoms. The predicted octanol–water partition coefficient (Wildman–Crippen LogP) is 2.38. The molecule has 1 atom stereocenters. The van der Waals surface area contributed by atoms with E-state index in [2.05, 4.69) is 46.9 Å². The van der Waals surface area contributed by atoms with Crippen LogP contribution in [-0.4, -0.2) is 23.4 Å². The Kier molecular flexibility index (Phi) is 4.62. The highest BCUT2D eigenvalue weighted by atomic mass is 79.9. The molecule has 108 valence electrons. The van der Waals surface area contributed by atoms with Gasteiger partial charge in [0.05, 0.1) is 0 Å². The van der Waals surface area contributed by atoms with E-state index in [1.54, 1.807) is 6.92 Å². The highest BCUT2D eigenvalue weighted by Crippen LogP contribution is 2.22. The smallest absolute Gasteiger partial charge is 0.235 e. The van der Waals surface area contributed by atoms with Crippen LogP contribution in [0.1, 0.15) is 18.5 Å². The van der Waals surface area contributed by atoms with E-state index in [1.165, 1.54) is 11.7 Å². The van der Waals surface area contributed by atoms with E-state index in [9.17, 15) is 8.42 Å². The molecule has 2 rings (SSSR count). The van der Waals surface area contributed by atoms with Gasteiger partial charge in [-0.1, -0.05) is 33.3 Å². The van der Waals surface area contributed by atoms with Gasteiger partial charge < -0.3 is 0 Å². The summed E-state index contributed by atoms with van der Waals surface area (Å²) in [5.74, 6) is 0. The van der Waals surface area contributed by atoms with Crippen LogP contribution in [0.2, 0.25) is 0 Å². The van der Waals surface area contributed by atoms with E-state index >= 15 is 0 Å². The predicted molar refractivity (Wildman–Crippen MR) is 81.6 cm³/mol. The van der Waals surface area contributed by atoms with Gasteiger partial charge in [-0.15, -0.1) is 5.10 Å². The second-order valence-electron chi connectivity index (χ2n) is 4.21. The molecular formula is C11H12Br2N4O2S. The third-order valence-electron chi connectivity index (χ3n) is 2.67. The van der Waals surface area contributed by atoms with E-state index < -0.39 is 10.0 Å². The lowest BCUT2D eigenvalue weighted by atomic mass is 10.1. The fourth-order valence-corrected chi connectivity index (χ4v) is 4.48. The van der Waals surface area contributed by atoms with E-state index in [4.69, 9.17) is 0 Å². The van der Waals surface area contributed by atoms with Gasteiger partial charge in [0.1, 0.15) is 0 Å². The molecule has 0 spiro atoms. The molecule has 0 fully saturated rings. The van der Waals surface area contributed by atoms with Crippen molar-refractivity contribution in [2.75, 3.05) is 0 Å². The molecular weight excluding hydrogens is 412 g/mol. The van der Waals surface area contributed by atoms with Gasteiger partial charge in [0.25, 0.3) is 10.0 Å². The van der Waals surface area contributed by atoms with Crippen LogP contribution in [0.3, 0.4) is 0 Å². The number of nitrogens with zero attached hydrogens (tertiary/aromatic N) is 3. The van der Waals surface area contributed by atoms with E-state index in [0.717, 1.165) is 10.0 Å². The van der Waals surface area contributed by atoms with Crippen LogP contribution in [0.5, 0.6) is 0 Å². The summed E-state index contributed by atoms with van der Waals surface area (Å²) in [6, 6.07) is 7.08. The highest BCUT2D eigenvalue weighted by molar-refractivity contribution is 9.10. The van der Waals surface area contributed by atoms with Crippen molar-refractivity contribution in [3.05, 3.63) is 38.9 Å². The van der Waals surface area contributed by atoms with E-state index in [0.29, 0.717) is 0 Å². The van der Waals surface area contributed by atoms with Gasteiger partial charge in [-0.25, -0.2) is 17.8 Å². The van der Waals surface area contributed by atoms with Gasteiger partial charge >= 0.3 is 0 Å². The van der Waals surface area contributed by atoms with Crippen molar-refractivity contribution in [1.29, 1.82) is 0 Å². The number of halogens is 2. The number of aryl methyl sites for hydroxylation is 1. The first kappa shape index (κ1) is 15.6. The Hall–Kier alpha value is -0.770. The van der Waals surface area contributed by atoms with E-state index in [1.807, 2.05) is 24.3 Å². The van der Waals surface area contributed by atoms with Gasteiger partial charge in [-0.2, -0.15) is 0 Å². The maximum Gasteiger partial charge on any atom is 0.261 e. The van der Waals surface area contributed by atoms with Crippen LogP contribution in [0.25, 0.3) is 0 Å². The van der Waals surface area contributed by atoms with Crippen molar-refractivity contribution >= 4 is 41.9 Å². The van der Waals surface area contributed by atoms with Crippen molar-refractivity contribution in [1.82, 2.24) is 19.7 Å². The van der Waals surface area contributed by atoms with Crippen molar-refractivity contribution in [3.8, 4) is 0 Å². The average Bonchev–Trinajstić information content (AvgIpc) is 2.69. The average molecular weight is 424 g/mol. The molecule has 1 heterocycles. The van der Waals surface area contributed by atoms with Crippen LogP contribution in [-0.2, 0) is 17.1 Å². The monoisotopic (exact) mass is 422 g/mol. The van der Waals surface area contributed by atoms with Crippen molar-refractivity contribution in [2.45, 2.75) is 18.0 Å². The molecule has 0 aliphatic carbocycles. The fraction of sp³-hybridized carbons (Fsp3) is 0.273. The molecule has 1 aromatic heterocycles. The lowest BCUT2D eigenvalue weighted by Crippen LogP contribution is -2.28. The fourth-order valence-electron chi connectivity index (χ4n) is 1.74. The number of hydrogen-bond acceptors (Lipinski definition) is 4. The van der Waals surface area contributed by atoms with E-state index in [-0.39, 0.29) is 15.7 Å². The molecule has 2 aromatic rings. The third-order valence-corrected chi connectivity index (χ3v) is 5.59. The van der Waals surface area contributed by atoms with Gasteiger partial charge in [0.2, 0.25) is 5.03 Å². The van der Waals surface area contributed by atoms with Crippen LogP contribution in [0, 0.1) is 0 Å². The molecule has 0 amide bonds. The summed E-state index contributed by atoms with van der Waals surface area (Å²) in [6.07, 6.45) is 0. The molecule has 0 bridgehead atoms. The summed E-state index contributed by atoms with van der Waals surface area (Å²) < 4.78 is 29.6. The molecule has 0 radical (unpaired) electrons. The Balaban J connectivity index is 2.29. The molecule has 0 aliphatic heterocycles. The zero-order valence-electron chi connectivity index (χ0n) is 10.7. The number of aromatic nitrogens is 3. The topological polar surface area (TPSA) is 76.9 Å². The zero-order valence-corrected chi connectivity index (χ0v) is 14.7. The van der Waals surface area contributed by atoms with Gasteiger partial charge in [-0.05, 0) is 40.5 Å². The first-order valence-corrected chi connectivity index (χ1v) is 8.71. The maximum absolute atomic E-state index is 12.3. The van der Waals surface area contributed by atoms with Gasteiger partial charge in [-0.3, -0.25) is 0 Å². The maximum atomic E-state index is 12.3. The van der Waals surface area contributed by atoms with Crippen LogP contribution in [0.4, 0.5) is 0 Å². The molecule has 9 heteroatoms. The standard InChI is InChI=1S/C11H12Br2N4O2S/c1-7(8-4-3-5-9(12)6-8)15-20(18,19)11-10(13)14-16-17(11)2/h3-7,15H,1-2H3. The second kappa shape index (κ2) is 5.92. The van der Waals surface area contributed by atoms with Crippen molar-refractivity contribution < 1.29 is 8.42 Å². The highest BCUT2D eigenvalue weighted by Gasteiger charge is 2.26. The minimum atomic E-state index is -3.71. The molecule has 1 aromatic carbocycles. The molecule has 0 aliphatic rings. The van der Waals surface area contributed by atoms with Crippen LogP contribution in [0.15, 0.2) is 38.4 Å². The van der Waals surface area contributed by atoms with Gasteiger partial charge in [0.15, 0.2) is 4.60 Å². The number of sulfonamides is 1. The first-order chi connectivity index (χ1) is 9.31. The SMILES string of the molecule is CC(NS(=O)(=O)c1c(Br)nnn1C)c1cccc(Br)c1. The third kappa shape index (κ3) is 3.27. The molecule has 1 unspecified atom stereocenters. The minimum absolute atomic E-state index is 0.000605.